The van der Waals surface area contributed by atoms with Crippen LogP contribution in [0, 0.1) is 17.6 Å². The van der Waals surface area contributed by atoms with E-state index < -0.39 is 48.0 Å². The molecule has 5 rings (SSSR count). The molecule has 184 valence electrons. The van der Waals surface area contributed by atoms with Crippen LogP contribution in [0.25, 0.3) is 11.5 Å². The third kappa shape index (κ3) is 4.19. The van der Waals surface area contributed by atoms with Gasteiger partial charge in [0.2, 0.25) is 11.8 Å². The van der Waals surface area contributed by atoms with Crippen LogP contribution in [-0.4, -0.2) is 31.1 Å². The fourth-order valence-corrected chi connectivity index (χ4v) is 4.09. The maximum atomic E-state index is 13.9. The second kappa shape index (κ2) is 9.11. The molecule has 0 radical (unpaired) electrons. The molecule has 2 unspecified atom stereocenters. The van der Waals surface area contributed by atoms with Gasteiger partial charge in [-0.2, -0.15) is 13.2 Å². The van der Waals surface area contributed by atoms with Gasteiger partial charge in [-0.25, -0.2) is 13.8 Å². The summed E-state index contributed by atoms with van der Waals surface area (Å²) in [5.74, 6) is -4.72. The van der Waals surface area contributed by atoms with E-state index in [1.807, 2.05) is 0 Å². The Morgan fingerprint density at radius 3 is 2.39 bits per heavy atom. The summed E-state index contributed by atoms with van der Waals surface area (Å²) in [6.45, 7) is 0.00332. The number of aromatic nitrogens is 3. The molecule has 2 atom stereocenters. The van der Waals surface area contributed by atoms with Crippen molar-refractivity contribution in [1.29, 1.82) is 0 Å². The van der Waals surface area contributed by atoms with Crippen LogP contribution in [0.1, 0.15) is 51.5 Å². The third-order valence-corrected chi connectivity index (χ3v) is 5.83. The zero-order valence-electron chi connectivity index (χ0n) is 18.1. The highest BCUT2D eigenvalue weighted by atomic mass is 19.3. The first kappa shape index (κ1) is 23.5. The van der Waals surface area contributed by atoms with Crippen molar-refractivity contribution in [3.05, 3.63) is 100 Å². The van der Waals surface area contributed by atoms with E-state index in [0.29, 0.717) is 5.56 Å². The molecular weight excluding hydrogens is 487 g/mol. The lowest BCUT2D eigenvalue weighted by molar-refractivity contribution is 0.0357. The first-order valence-electron chi connectivity index (χ1n) is 10.5. The van der Waals surface area contributed by atoms with Crippen LogP contribution in [0.5, 0.6) is 0 Å². The lowest BCUT2D eigenvalue weighted by Gasteiger charge is -2.32. The number of carbonyl (C=O) groups excluding carboxylic acids is 1. The molecule has 7 nitrogen and oxygen atoms in total. The van der Waals surface area contributed by atoms with E-state index in [2.05, 4.69) is 15.2 Å². The number of carbonyl (C=O) groups is 1. The average Bonchev–Trinajstić information content (AvgIpc) is 3.48. The van der Waals surface area contributed by atoms with Crippen LogP contribution in [0.3, 0.4) is 0 Å². The van der Waals surface area contributed by atoms with Crippen LogP contribution < -0.4 is 0 Å². The van der Waals surface area contributed by atoms with Gasteiger partial charge in [-0.05, 0) is 47.0 Å². The minimum absolute atomic E-state index is 0.00332. The predicted octanol–water partition coefficient (Wildman–Crippen LogP) is 4.92. The van der Waals surface area contributed by atoms with Gasteiger partial charge in [0.15, 0.2) is 11.6 Å². The monoisotopic (exact) mass is 502 g/mol. The van der Waals surface area contributed by atoms with Gasteiger partial charge in [0, 0.05) is 23.9 Å². The van der Waals surface area contributed by atoms with E-state index in [9.17, 15) is 31.9 Å². The molecule has 0 aliphatic carbocycles. The van der Waals surface area contributed by atoms with E-state index in [1.165, 1.54) is 29.2 Å². The van der Waals surface area contributed by atoms with Gasteiger partial charge >= 0.3 is 6.43 Å². The molecule has 0 saturated heterocycles. The number of fused-ring (bicyclic) bond motifs is 1. The summed E-state index contributed by atoms with van der Waals surface area (Å²) in [5, 5.41) is 18.0. The second-order valence-corrected chi connectivity index (χ2v) is 8.03. The minimum Gasteiger partial charge on any atom is -0.415 e. The topological polar surface area (TPSA) is 92.4 Å². The fourth-order valence-electron chi connectivity index (χ4n) is 4.09. The number of aliphatic hydroxyl groups is 1. The number of pyridine rings is 1. The molecule has 0 saturated carbocycles. The minimum atomic E-state index is -2.96. The molecule has 3 heterocycles. The molecule has 2 aromatic heterocycles. The highest BCUT2D eigenvalue weighted by molar-refractivity contribution is 5.99. The van der Waals surface area contributed by atoms with Crippen molar-refractivity contribution < 1.29 is 36.3 Å². The molecular formula is C24H15F5N4O3. The quantitative estimate of drug-likeness (QED) is 0.297. The van der Waals surface area contributed by atoms with Gasteiger partial charge in [-0.1, -0.05) is 18.2 Å². The van der Waals surface area contributed by atoms with Gasteiger partial charge in [0.05, 0.1) is 6.04 Å². The number of benzene rings is 2. The van der Waals surface area contributed by atoms with Crippen molar-refractivity contribution in [3.8, 4) is 11.5 Å². The summed E-state index contributed by atoms with van der Waals surface area (Å²) >= 11 is 0. The van der Waals surface area contributed by atoms with Gasteiger partial charge in [0.1, 0.15) is 6.10 Å². The molecule has 1 N–H and O–H groups in total. The molecule has 0 spiro atoms. The molecule has 4 aromatic rings. The Morgan fingerprint density at radius 1 is 0.944 bits per heavy atom. The highest BCUT2D eigenvalue weighted by Crippen LogP contribution is 2.40. The van der Waals surface area contributed by atoms with Crippen molar-refractivity contribution >= 4 is 5.91 Å². The Hall–Kier alpha value is -4.19. The summed E-state index contributed by atoms with van der Waals surface area (Å²) in [6, 6.07) is 8.52. The van der Waals surface area contributed by atoms with E-state index >= 15 is 0 Å². The lowest BCUT2D eigenvalue weighted by Crippen LogP contribution is -2.33. The summed E-state index contributed by atoms with van der Waals surface area (Å²) in [4.78, 5) is 18.3. The first-order valence-corrected chi connectivity index (χ1v) is 10.5. The maximum absolute atomic E-state index is 13.9. The first-order chi connectivity index (χ1) is 17.2. The van der Waals surface area contributed by atoms with Crippen LogP contribution in [0.4, 0.5) is 22.0 Å². The van der Waals surface area contributed by atoms with E-state index in [0.717, 1.165) is 24.4 Å². The standard InChI is InChI=1S/C24H15F5N4O3/c25-16-5-3-11(8-17(16)26)20(34)19(13-4-6-18(27)30-9-13)33-10-14-2-1-12(7-15(14)24(33)35)22-31-32-23(36-22)21(28)29/h1-9,19-21,34H,10H2. The fraction of sp³-hybridized carbons (Fsp3) is 0.167. The number of hydrogen-bond donors (Lipinski definition) is 1. The van der Waals surface area contributed by atoms with E-state index in [4.69, 9.17) is 4.42 Å². The van der Waals surface area contributed by atoms with E-state index in [-0.39, 0.29) is 34.7 Å². The Kier molecular flexibility index (Phi) is 5.96. The number of alkyl halides is 2. The number of aliphatic hydroxyl groups excluding tert-OH is 1. The summed E-state index contributed by atoms with van der Waals surface area (Å²) in [7, 11) is 0. The zero-order valence-corrected chi connectivity index (χ0v) is 18.1. The molecule has 2 aromatic carbocycles. The smallest absolute Gasteiger partial charge is 0.314 e. The Bertz CT molecular complexity index is 1440. The highest BCUT2D eigenvalue weighted by Gasteiger charge is 2.38. The summed E-state index contributed by atoms with van der Waals surface area (Å²) < 4.78 is 71.4. The predicted molar refractivity (Wildman–Crippen MR) is 113 cm³/mol. The molecule has 1 aliphatic rings. The molecule has 1 amide bonds. The van der Waals surface area contributed by atoms with Crippen LogP contribution in [0.15, 0.2) is 59.1 Å². The third-order valence-electron chi connectivity index (χ3n) is 5.83. The number of halogens is 5. The molecule has 0 bridgehead atoms. The van der Waals surface area contributed by atoms with Crippen molar-refractivity contribution in [2.45, 2.75) is 25.1 Å². The number of hydrogen-bond acceptors (Lipinski definition) is 6. The molecule has 0 fully saturated rings. The number of nitrogens with zero attached hydrogens (tertiary/aromatic N) is 4. The van der Waals surface area contributed by atoms with Crippen LogP contribution >= 0.6 is 0 Å². The van der Waals surface area contributed by atoms with E-state index in [1.54, 1.807) is 6.07 Å². The van der Waals surface area contributed by atoms with Crippen molar-refractivity contribution in [2.24, 2.45) is 0 Å². The molecule has 12 heteroatoms. The zero-order chi connectivity index (χ0) is 25.6. The lowest BCUT2D eigenvalue weighted by atomic mass is 9.95. The van der Waals surface area contributed by atoms with Crippen molar-refractivity contribution in [1.82, 2.24) is 20.1 Å². The van der Waals surface area contributed by atoms with Crippen molar-refractivity contribution in [2.75, 3.05) is 0 Å². The van der Waals surface area contributed by atoms with Crippen molar-refractivity contribution in [3.63, 3.8) is 0 Å². The normalized spacial score (nSPS) is 14.9. The SMILES string of the molecule is O=C1c2cc(-c3nnc(C(F)F)o3)ccc2CN1C(c1ccc(F)nc1)C(O)c1ccc(F)c(F)c1. The van der Waals surface area contributed by atoms with Gasteiger partial charge in [-0.15, -0.1) is 10.2 Å². The number of amides is 1. The maximum Gasteiger partial charge on any atom is 0.314 e. The summed E-state index contributed by atoms with van der Waals surface area (Å²) in [5.41, 5.74) is 1.17. The molecule has 36 heavy (non-hydrogen) atoms. The van der Waals surface area contributed by atoms with Gasteiger partial charge in [0.25, 0.3) is 11.8 Å². The summed E-state index contributed by atoms with van der Waals surface area (Å²) in [6.07, 6.45) is -3.36. The van der Waals surface area contributed by atoms with Crippen LogP contribution in [-0.2, 0) is 6.54 Å². The Labute approximate surface area is 199 Å². The number of rotatable bonds is 6. The Balaban J connectivity index is 1.52. The van der Waals surface area contributed by atoms with Crippen LogP contribution in [0.2, 0.25) is 0 Å². The largest absolute Gasteiger partial charge is 0.415 e. The van der Waals surface area contributed by atoms with Gasteiger partial charge < -0.3 is 14.4 Å². The average molecular weight is 502 g/mol. The van der Waals surface area contributed by atoms with Gasteiger partial charge in [-0.3, -0.25) is 4.79 Å². The second-order valence-electron chi connectivity index (χ2n) is 8.03. The molecule has 1 aliphatic heterocycles. The Morgan fingerprint density at radius 2 is 1.72 bits per heavy atom.